The van der Waals surface area contributed by atoms with Crippen molar-refractivity contribution >= 4 is 22.5 Å². The number of methoxy groups -OCH3 is 2. The molecule has 13 heteroatoms. The molecule has 0 spiro atoms. The first-order valence-corrected chi connectivity index (χ1v) is 14.7. The third-order valence-corrected chi connectivity index (χ3v) is 8.00. The molecule has 1 aliphatic rings. The maximum atomic E-state index is 6.19. The van der Waals surface area contributed by atoms with E-state index in [1.807, 2.05) is 52.0 Å². The number of aromatic nitrogens is 9. The van der Waals surface area contributed by atoms with Gasteiger partial charge in [0.1, 0.15) is 23.2 Å². The quantitative estimate of drug-likeness (QED) is 0.246. The van der Waals surface area contributed by atoms with E-state index in [4.69, 9.17) is 34.1 Å². The molecule has 6 rings (SSSR count). The van der Waals surface area contributed by atoms with E-state index in [-0.39, 0.29) is 6.23 Å². The van der Waals surface area contributed by atoms with Crippen molar-refractivity contribution in [3.8, 4) is 17.1 Å². The molecule has 1 aliphatic heterocycles. The largest absolute Gasteiger partial charge is 0.494 e. The van der Waals surface area contributed by atoms with Gasteiger partial charge in [-0.3, -0.25) is 14.5 Å². The molecule has 4 aromatic heterocycles. The molecule has 0 bridgehead atoms. The van der Waals surface area contributed by atoms with Gasteiger partial charge in [0.2, 0.25) is 5.82 Å². The Hall–Kier alpha value is -4.49. The van der Waals surface area contributed by atoms with Gasteiger partial charge in [0.15, 0.2) is 11.4 Å². The molecule has 0 radical (unpaired) electrons. The maximum absolute atomic E-state index is 6.19. The highest BCUT2D eigenvalue weighted by molar-refractivity contribution is 5.90. The summed E-state index contributed by atoms with van der Waals surface area (Å²) < 4.78 is 19.8. The van der Waals surface area contributed by atoms with Gasteiger partial charge in [0.05, 0.1) is 53.9 Å². The summed E-state index contributed by atoms with van der Waals surface area (Å²) in [5.41, 5.74) is 6.45. The standard InChI is InChI=1S/C31H38N10O3/c1-18-28(31(3,4)43-7)32-17-21(33-18)15-20-16-24(26-30(35-20)41(19(2)34-26)25-13-8-9-14-44-25)36-23-12-10-11-22(27(23)42-6)29-37-39-40(5)38-29/h10-12,16-17,25H,8-9,13-15H2,1-7H3,(H,35,36). The SMILES string of the molecule is COc1c(Nc2cc(Cc3cnc(C(C)(C)OC)c(C)n3)nc3c2nc(C)n3C2CCCCO2)cccc1-c1nnn(C)n1. The van der Waals surface area contributed by atoms with Crippen molar-refractivity contribution in [1.29, 1.82) is 0 Å². The number of imidazole rings is 1. The monoisotopic (exact) mass is 598 g/mol. The summed E-state index contributed by atoms with van der Waals surface area (Å²) in [7, 11) is 5.04. The van der Waals surface area contributed by atoms with E-state index < -0.39 is 5.60 Å². The summed E-state index contributed by atoms with van der Waals surface area (Å²) in [6, 6.07) is 7.79. The molecule has 0 amide bonds. The summed E-state index contributed by atoms with van der Waals surface area (Å²) in [5, 5.41) is 16.1. The molecule has 5 aromatic rings. The fourth-order valence-corrected chi connectivity index (χ4v) is 5.74. The van der Waals surface area contributed by atoms with Crippen LogP contribution in [0.25, 0.3) is 22.6 Å². The van der Waals surface area contributed by atoms with Crippen LogP contribution in [0.4, 0.5) is 11.4 Å². The highest BCUT2D eigenvalue weighted by atomic mass is 16.5. The molecule has 1 saturated heterocycles. The van der Waals surface area contributed by atoms with Crippen molar-refractivity contribution < 1.29 is 14.2 Å². The number of ether oxygens (including phenoxy) is 3. The second kappa shape index (κ2) is 11.9. The Morgan fingerprint density at radius 3 is 2.59 bits per heavy atom. The topological polar surface area (TPSA) is 140 Å². The van der Waals surface area contributed by atoms with Crippen LogP contribution in [0.15, 0.2) is 30.5 Å². The summed E-state index contributed by atoms with van der Waals surface area (Å²) in [5.74, 6) is 1.90. The second-order valence-corrected chi connectivity index (χ2v) is 11.5. The number of nitrogens with one attached hydrogen (secondary N) is 1. The number of benzene rings is 1. The molecule has 230 valence electrons. The van der Waals surface area contributed by atoms with E-state index in [0.717, 1.165) is 76.0 Å². The minimum Gasteiger partial charge on any atom is -0.494 e. The molecule has 1 N–H and O–H groups in total. The van der Waals surface area contributed by atoms with E-state index >= 15 is 0 Å². The highest BCUT2D eigenvalue weighted by Crippen LogP contribution is 2.39. The Labute approximate surface area is 256 Å². The number of aryl methyl sites for hydroxylation is 3. The zero-order valence-electron chi connectivity index (χ0n) is 26.2. The molecule has 13 nitrogen and oxygen atoms in total. The van der Waals surface area contributed by atoms with Gasteiger partial charge in [-0.25, -0.2) is 9.97 Å². The average Bonchev–Trinajstić information content (AvgIpc) is 3.59. The normalized spacial score (nSPS) is 15.6. The predicted octanol–water partition coefficient (Wildman–Crippen LogP) is 4.95. The number of hydrogen-bond acceptors (Lipinski definition) is 11. The van der Waals surface area contributed by atoms with Gasteiger partial charge in [-0.05, 0) is 70.4 Å². The lowest BCUT2D eigenvalue weighted by Gasteiger charge is -2.25. The van der Waals surface area contributed by atoms with E-state index in [9.17, 15) is 0 Å². The van der Waals surface area contributed by atoms with Crippen LogP contribution in [-0.4, -0.2) is 65.5 Å². The first kappa shape index (κ1) is 29.6. The van der Waals surface area contributed by atoms with E-state index in [2.05, 4.69) is 25.3 Å². The first-order valence-electron chi connectivity index (χ1n) is 14.7. The molecular formula is C31H38N10O3. The Kier molecular flexibility index (Phi) is 7.99. The number of tetrazole rings is 1. The summed E-state index contributed by atoms with van der Waals surface area (Å²) >= 11 is 0. The minimum atomic E-state index is -0.539. The van der Waals surface area contributed by atoms with Crippen LogP contribution in [0.2, 0.25) is 0 Å². The van der Waals surface area contributed by atoms with Gasteiger partial charge >= 0.3 is 0 Å². The number of rotatable bonds is 9. The van der Waals surface area contributed by atoms with Gasteiger partial charge in [-0.1, -0.05) is 6.07 Å². The lowest BCUT2D eigenvalue weighted by Crippen LogP contribution is -2.23. The molecule has 1 atom stereocenters. The van der Waals surface area contributed by atoms with Gasteiger partial charge in [-0.15, -0.1) is 10.2 Å². The van der Waals surface area contributed by atoms with E-state index in [1.54, 1.807) is 27.5 Å². The van der Waals surface area contributed by atoms with Crippen LogP contribution in [0.1, 0.15) is 67.9 Å². The maximum Gasteiger partial charge on any atom is 0.208 e. The van der Waals surface area contributed by atoms with Gasteiger partial charge in [0.25, 0.3) is 0 Å². The molecule has 1 fully saturated rings. The molecule has 44 heavy (non-hydrogen) atoms. The Balaban J connectivity index is 1.45. The number of para-hydroxylation sites is 1. The van der Waals surface area contributed by atoms with Crippen molar-refractivity contribution in [1.82, 2.24) is 44.7 Å². The lowest BCUT2D eigenvalue weighted by molar-refractivity contribution is -0.0309. The Morgan fingerprint density at radius 2 is 1.91 bits per heavy atom. The van der Waals surface area contributed by atoms with Crippen LogP contribution in [-0.2, 0) is 28.5 Å². The number of pyridine rings is 1. The van der Waals surface area contributed by atoms with Crippen molar-refractivity contribution in [3.63, 3.8) is 0 Å². The highest BCUT2D eigenvalue weighted by Gasteiger charge is 2.26. The van der Waals surface area contributed by atoms with Crippen LogP contribution in [0, 0.1) is 13.8 Å². The smallest absolute Gasteiger partial charge is 0.208 e. The molecule has 1 unspecified atom stereocenters. The van der Waals surface area contributed by atoms with Crippen LogP contribution in [0.3, 0.4) is 0 Å². The third-order valence-electron chi connectivity index (χ3n) is 8.00. The molecule has 0 aliphatic carbocycles. The van der Waals surface area contributed by atoms with Crippen molar-refractivity contribution in [2.45, 2.75) is 65.2 Å². The van der Waals surface area contributed by atoms with Crippen molar-refractivity contribution in [2.24, 2.45) is 7.05 Å². The van der Waals surface area contributed by atoms with E-state index in [1.165, 1.54) is 4.80 Å². The summed E-state index contributed by atoms with van der Waals surface area (Å²) in [6.07, 6.45) is 5.20. The van der Waals surface area contributed by atoms with Gasteiger partial charge in [0, 0.05) is 26.3 Å². The van der Waals surface area contributed by atoms with Crippen molar-refractivity contribution in [3.05, 3.63) is 59.1 Å². The summed E-state index contributed by atoms with van der Waals surface area (Å²) in [6.45, 7) is 8.64. The number of nitrogens with zero attached hydrogens (tertiary/aromatic N) is 9. The fraction of sp³-hybridized carbons (Fsp3) is 0.452. The lowest BCUT2D eigenvalue weighted by atomic mass is 10.0. The number of anilines is 2. The molecule has 0 saturated carbocycles. The second-order valence-electron chi connectivity index (χ2n) is 11.5. The third kappa shape index (κ3) is 5.60. The zero-order chi connectivity index (χ0) is 31.0. The van der Waals surface area contributed by atoms with Gasteiger partial charge < -0.3 is 19.5 Å². The first-order chi connectivity index (χ1) is 21.2. The van der Waals surface area contributed by atoms with E-state index in [0.29, 0.717) is 24.6 Å². The number of fused-ring (bicyclic) bond motifs is 1. The van der Waals surface area contributed by atoms with Gasteiger partial charge in [-0.2, -0.15) is 4.80 Å². The Morgan fingerprint density at radius 1 is 1.07 bits per heavy atom. The summed E-state index contributed by atoms with van der Waals surface area (Å²) in [4.78, 5) is 21.1. The molecule has 1 aromatic carbocycles. The van der Waals surface area contributed by atoms with Crippen molar-refractivity contribution in [2.75, 3.05) is 26.1 Å². The fourth-order valence-electron chi connectivity index (χ4n) is 5.74. The van der Waals surface area contributed by atoms with Crippen LogP contribution in [0.5, 0.6) is 5.75 Å². The average molecular weight is 599 g/mol. The zero-order valence-corrected chi connectivity index (χ0v) is 26.2. The minimum absolute atomic E-state index is 0.123. The molecular weight excluding hydrogens is 560 g/mol. The predicted molar refractivity (Wildman–Crippen MR) is 165 cm³/mol. The number of hydrogen-bond donors (Lipinski definition) is 1. The molecule has 5 heterocycles. The van der Waals surface area contributed by atoms with Crippen LogP contribution < -0.4 is 10.1 Å². The Bertz CT molecular complexity index is 1810. The van der Waals surface area contributed by atoms with Crippen LogP contribution >= 0.6 is 0 Å².